The summed E-state index contributed by atoms with van der Waals surface area (Å²) in [7, 11) is 0. The van der Waals surface area contributed by atoms with Gasteiger partial charge in [0.2, 0.25) is 5.91 Å². The molecule has 0 aliphatic carbocycles. The maximum absolute atomic E-state index is 12.2. The second-order valence-corrected chi connectivity index (χ2v) is 5.89. The number of rotatable bonds is 5. The summed E-state index contributed by atoms with van der Waals surface area (Å²) in [6.07, 6.45) is 0. The number of carbonyl (C=O) groups is 2. The quantitative estimate of drug-likeness (QED) is 0.913. The van der Waals surface area contributed by atoms with Gasteiger partial charge >= 0.3 is 0 Å². The summed E-state index contributed by atoms with van der Waals surface area (Å²) < 4.78 is 0. The zero-order valence-corrected chi connectivity index (χ0v) is 14.7. The molecular formula is C20H21N3O2. The van der Waals surface area contributed by atoms with Gasteiger partial charge in [-0.25, -0.2) is 0 Å². The van der Waals surface area contributed by atoms with E-state index in [9.17, 15) is 9.59 Å². The minimum atomic E-state index is -0.169. The first-order valence-corrected chi connectivity index (χ1v) is 8.06. The van der Waals surface area contributed by atoms with E-state index in [4.69, 9.17) is 5.26 Å². The summed E-state index contributed by atoms with van der Waals surface area (Å²) in [6.45, 7) is 6.08. The molecule has 0 saturated heterocycles. The molecule has 0 heterocycles. The van der Waals surface area contributed by atoms with Crippen molar-refractivity contribution in [3.63, 3.8) is 0 Å². The van der Waals surface area contributed by atoms with Gasteiger partial charge in [0.15, 0.2) is 0 Å². The molecule has 2 aromatic carbocycles. The smallest absolute Gasteiger partial charge is 0.251 e. The van der Waals surface area contributed by atoms with Crippen LogP contribution in [0.25, 0.3) is 0 Å². The SMILES string of the molecule is CC(=O)N(CCNC(=O)c1ccc(C)c(C)c1)c1cccc(C#N)c1. The van der Waals surface area contributed by atoms with Crippen molar-refractivity contribution in [2.45, 2.75) is 20.8 Å². The Bertz CT molecular complexity index is 837. The van der Waals surface area contributed by atoms with Gasteiger partial charge in [-0.05, 0) is 55.3 Å². The van der Waals surface area contributed by atoms with E-state index in [1.165, 1.54) is 6.92 Å². The number of hydrogen-bond donors (Lipinski definition) is 1. The van der Waals surface area contributed by atoms with Crippen molar-refractivity contribution >= 4 is 17.5 Å². The Hall–Kier alpha value is -3.13. The first-order valence-electron chi connectivity index (χ1n) is 8.06. The van der Waals surface area contributed by atoms with Crippen LogP contribution in [0, 0.1) is 25.2 Å². The number of nitrogens with zero attached hydrogens (tertiary/aromatic N) is 2. The first kappa shape index (κ1) is 18.2. The highest BCUT2D eigenvalue weighted by Gasteiger charge is 2.13. The molecule has 0 aliphatic rings. The van der Waals surface area contributed by atoms with Gasteiger partial charge in [-0.15, -0.1) is 0 Å². The fourth-order valence-corrected chi connectivity index (χ4v) is 2.48. The highest BCUT2D eigenvalue weighted by atomic mass is 16.2. The van der Waals surface area contributed by atoms with Crippen LogP contribution in [-0.2, 0) is 4.79 Å². The topological polar surface area (TPSA) is 73.2 Å². The summed E-state index contributed by atoms with van der Waals surface area (Å²) >= 11 is 0. The summed E-state index contributed by atoms with van der Waals surface area (Å²) in [5.41, 5.74) is 3.93. The number of anilines is 1. The number of benzene rings is 2. The normalized spacial score (nSPS) is 10.0. The third-order valence-electron chi connectivity index (χ3n) is 4.06. The second kappa shape index (κ2) is 8.11. The van der Waals surface area contributed by atoms with Gasteiger partial charge in [-0.1, -0.05) is 12.1 Å². The number of nitriles is 1. The highest BCUT2D eigenvalue weighted by molar-refractivity contribution is 5.95. The molecule has 0 radical (unpaired) electrons. The molecule has 128 valence electrons. The van der Waals surface area contributed by atoms with E-state index in [1.807, 2.05) is 26.0 Å². The van der Waals surface area contributed by atoms with Crippen LogP contribution < -0.4 is 10.2 Å². The van der Waals surface area contributed by atoms with Gasteiger partial charge in [-0.3, -0.25) is 9.59 Å². The van der Waals surface area contributed by atoms with Crippen LogP contribution in [0.15, 0.2) is 42.5 Å². The van der Waals surface area contributed by atoms with Crippen molar-refractivity contribution < 1.29 is 9.59 Å². The van der Waals surface area contributed by atoms with Gasteiger partial charge in [0.25, 0.3) is 5.91 Å². The number of carbonyl (C=O) groups excluding carboxylic acids is 2. The van der Waals surface area contributed by atoms with Crippen LogP contribution in [0.5, 0.6) is 0 Å². The van der Waals surface area contributed by atoms with E-state index in [2.05, 4.69) is 11.4 Å². The maximum atomic E-state index is 12.2. The molecule has 0 aromatic heterocycles. The predicted molar refractivity (Wildman–Crippen MR) is 97.4 cm³/mol. The Morgan fingerprint density at radius 2 is 1.88 bits per heavy atom. The van der Waals surface area contributed by atoms with E-state index in [1.54, 1.807) is 35.2 Å². The van der Waals surface area contributed by atoms with E-state index in [0.29, 0.717) is 29.9 Å². The second-order valence-electron chi connectivity index (χ2n) is 5.89. The summed E-state index contributed by atoms with van der Waals surface area (Å²) in [4.78, 5) is 25.7. The summed E-state index contributed by atoms with van der Waals surface area (Å²) in [5.74, 6) is -0.312. The van der Waals surface area contributed by atoms with E-state index in [0.717, 1.165) is 11.1 Å². The fraction of sp³-hybridized carbons (Fsp3) is 0.250. The van der Waals surface area contributed by atoms with Crippen molar-refractivity contribution in [3.05, 3.63) is 64.7 Å². The minimum absolute atomic E-state index is 0.143. The van der Waals surface area contributed by atoms with Crippen molar-refractivity contribution in [1.29, 1.82) is 5.26 Å². The van der Waals surface area contributed by atoms with Gasteiger partial charge < -0.3 is 10.2 Å². The maximum Gasteiger partial charge on any atom is 0.251 e. The molecule has 0 atom stereocenters. The van der Waals surface area contributed by atoms with Crippen LogP contribution in [0.2, 0.25) is 0 Å². The van der Waals surface area contributed by atoms with E-state index >= 15 is 0 Å². The van der Waals surface area contributed by atoms with E-state index < -0.39 is 0 Å². The largest absolute Gasteiger partial charge is 0.350 e. The molecule has 2 amide bonds. The standard InChI is InChI=1S/C20H21N3O2/c1-14-7-8-18(11-15(14)2)20(25)22-9-10-23(16(3)24)19-6-4-5-17(12-19)13-21/h4-8,11-12H,9-10H2,1-3H3,(H,22,25). The molecule has 25 heavy (non-hydrogen) atoms. The van der Waals surface area contributed by atoms with Crippen molar-refractivity contribution in [2.75, 3.05) is 18.0 Å². The number of aryl methyl sites for hydroxylation is 2. The lowest BCUT2D eigenvalue weighted by molar-refractivity contribution is -0.116. The van der Waals surface area contributed by atoms with Crippen molar-refractivity contribution in [1.82, 2.24) is 5.32 Å². The molecule has 2 rings (SSSR count). The third-order valence-corrected chi connectivity index (χ3v) is 4.06. The molecular weight excluding hydrogens is 314 g/mol. The molecule has 0 spiro atoms. The third kappa shape index (κ3) is 4.67. The molecule has 0 saturated carbocycles. The lowest BCUT2D eigenvalue weighted by Gasteiger charge is -2.21. The molecule has 5 nitrogen and oxygen atoms in total. The number of amides is 2. The highest BCUT2D eigenvalue weighted by Crippen LogP contribution is 2.16. The Morgan fingerprint density at radius 3 is 2.52 bits per heavy atom. The Morgan fingerprint density at radius 1 is 1.12 bits per heavy atom. The molecule has 0 unspecified atom stereocenters. The lowest BCUT2D eigenvalue weighted by atomic mass is 10.1. The van der Waals surface area contributed by atoms with Gasteiger partial charge in [0, 0.05) is 31.3 Å². The zero-order chi connectivity index (χ0) is 18.4. The summed E-state index contributed by atoms with van der Waals surface area (Å²) in [5, 5.41) is 11.8. The van der Waals surface area contributed by atoms with Crippen LogP contribution in [0.4, 0.5) is 5.69 Å². The average Bonchev–Trinajstić information content (AvgIpc) is 2.60. The number of hydrogen-bond acceptors (Lipinski definition) is 3. The molecule has 0 fully saturated rings. The van der Waals surface area contributed by atoms with Crippen LogP contribution in [0.1, 0.15) is 34.0 Å². The fourth-order valence-electron chi connectivity index (χ4n) is 2.48. The number of nitrogens with one attached hydrogen (secondary N) is 1. The zero-order valence-electron chi connectivity index (χ0n) is 14.7. The van der Waals surface area contributed by atoms with Gasteiger partial charge in [0.05, 0.1) is 11.6 Å². The predicted octanol–water partition coefficient (Wildman–Crippen LogP) is 2.96. The van der Waals surface area contributed by atoms with E-state index in [-0.39, 0.29) is 11.8 Å². The molecule has 0 aliphatic heterocycles. The summed E-state index contributed by atoms with van der Waals surface area (Å²) in [6, 6.07) is 14.5. The van der Waals surface area contributed by atoms with Crippen LogP contribution in [-0.4, -0.2) is 24.9 Å². The first-order chi connectivity index (χ1) is 11.9. The van der Waals surface area contributed by atoms with Crippen molar-refractivity contribution in [2.24, 2.45) is 0 Å². The Kier molecular flexibility index (Phi) is 5.91. The minimum Gasteiger partial charge on any atom is -0.350 e. The van der Waals surface area contributed by atoms with Crippen LogP contribution in [0.3, 0.4) is 0 Å². The molecule has 5 heteroatoms. The monoisotopic (exact) mass is 335 g/mol. The Labute approximate surface area is 147 Å². The molecule has 1 N–H and O–H groups in total. The van der Waals surface area contributed by atoms with Gasteiger partial charge in [0.1, 0.15) is 0 Å². The van der Waals surface area contributed by atoms with Crippen molar-refractivity contribution in [3.8, 4) is 6.07 Å². The van der Waals surface area contributed by atoms with Crippen LogP contribution >= 0.6 is 0 Å². The molecule has 0 bridgehead atoms. The Balaban J connectivity index is 2.02. The molecule has 2 aromatic rings. The van der Waals surface area contributed by atoms with Gasteiger partial charge in [-0.2, -0.15) is 5.26 Å². The lowest BCUT2D eigenvalue weighted by Crippen LogP contribution is -2.37. The average molecular weight is 335 g/mol.